The van der Waals surface area contributed by atoms with Gasteiger partial charge in [-0.05, 0) is 56.6 Å². The number of likely N-dealkylation sites (tertiary alicyclic amines) is 1. The van der Waals surface area contributed by atoms with Crippen LogP contribution < -0.4 is 10.1 Å². The SMILES string of the molecule is CC1CCN(C)[C@@H](c2nc3ccc(C(F)(F)F)cc3[nH]2)C1.COc1ccc(NC(C)=O)cn1. The van der Waals surface area contributed by atoms with Crippen molar-refractivity contribution in [1.29, 1.82) is 0 Å². The van der Waals surface area contributed by atoms with Crippen molar-refractivity contribution >= 4 is 22.6 Å². The molecule has 3 aromatic rings. The van der Waals surface area contributed by atoms with Crippen LogP contribution in [0, 0.1) is 5.92 Å². The molecule has 10 heteroatoms. The number of fused-ring (bicyclic) bond motifs is 1. The number of nitrogens with zero attached hydrogens (tertiary/aromatic N) is 3. The molecule has 1 saturated heterocycles. The first kappa shape index (κ1) is 24.5. The highest BCUT2D eigenvalue weighted by Gasteiger charge is 2.31. The number of rotatable bonds is 3. The molecule has 0 saturated carbocycles. The second-order valence-electron chi connectivity index (χ2n) is 8.25. The molecular weight excluding hydrogens is 435 g/mol. The number of ether oxygens (including phenoxy) is 1. The molecule has 4 rings (SSSR count). The molecule has 2 aromatic heterocycles. The van der Waals surface area contributed by atoms with E-state index in [9.17, 15) is 18.0 Å². The Bertz CT molecular complexity index is 1080. The van der Waals surface area contributed by atoms with Crippen molar-refractivity contribution in [1.82, 2.24) is 19.9 Å². The van der Waals surface area contributed by atoms with E-state index < -0.39 is 11.7 Å². The predicted octanol–water partition coefficient (Wildman–Crippen LogP) is 5.03. The number of amides is 1. The molecule has 178 valence electrons. The molecule has 1 amide bonds. The number of aromatic amines is 1. The minimum atomic E-state index is -4.32. The monoisotopic (exact) mass is 463 g/mol. The number of carbonyl (C=O) groups is 1. The van der Waals surface area contributed by atoms with Gasteiger partial charge < -0.3 is 15.0 Å². The Labute approximate surface area is 190 Å². The molecule has 2 atom stereocenters. The van der Waals surface area contributed by atoms with E-state index in [2.05, 4.69) is 32.1 Å². The fourth-order valence-corrected chi connectivity index (χ4v) is 3.72. The second-order valence-corrected chi connectivity index (χ2v) is 8.25. The Morgan fingerprint density at radius 2 is 2.03 bits per heavy atom. The first-order chi connectivity index (χ1) is 15.6. The van der Waals surface area contributed by atoms with Gasteiger partial charge in [-0.2, -0.15) is 13.2 Å². The van der Waals surface area contributed by atoms with Crippen LogP contribution in [0.5, 0.6) is 5.88 Å². The lowest BCUT2D eigenvalue weighted by Gasteiger charge is -2.34. The van der Waals surface area contributed by atoms with Gasteiger partial charge in [0.2, 0.25) is 11.8 Å². The van der Waals surface area contributed by atoms with Crippen LogP contribution in [0.2, 0.25) is 0 Å². The lowest BCUT2D eigenvalue weighted by Crippen LogP contribution is -2.33. The zero-order valence-corrected chi connectivity index (χ0v) is 19.0. The predicted molar refractivity (Wildman–Crippen MR) is 120 cm³/mol. The quantitative estimate of drug-likeness (QED) is 0.569. The number of alkyl halides is 3. The number of anilines is 1. The van der Waals surface area contributed by atoms with E-state index in [0.717, 1.165) is 37.3 Å². The Balaban J connectivity index is 0.000000218. The van der Waals surface area contributed by atoms with Crippen molar-refractivity contribution in [2.24, 2.45) is 5.92 Å². The molecule has 7 nitrogen and oxygen atoms in total. The van der Waals surface area contributed by atoms with Crippen LogP contribution in [0.3, 0.4) is 0 Å². The summed E-state index contributed by atoms with van der Waals surface area (Å²) in [7, 11) is 3.57. The number of carbonyl (C=O) groups excluding carboxylic acids is 1. The lowest BCUT2D eigenvalue weighted by atomic mass is 9.92. The van der Waals surface area contributed by atoms with E-state index in [-0.39, 0.29) is 11.9 Å². The summed E-state index contributed by atoms with van der Waals surface area (Å²) >= 11 is 0. The van der Waals surface area contributed by atoms with Crippen molar-refractivity contribution in [3.05, 3.63) is 47.9 Å². The molecule has 1 aromatic carbocycles. The van der Waals surface area contributed by atoms with Crippen molar-refractivity contribution < 1.29 is 22.7 Å². The molecule has 1 aliphatic heterocycles. The summed E-state index contributed by atoms with van der Waals surface area (Å²) < 4.78 is 43.1. The largest absolute Gasteiger partial charge is 0.481 e. The van der Waals surface area contributed by atoms with Gasteiger partial charge in [0.25, 0.3) is 0 Å². The van der Waals surface area contributed by atoms with E-state index in [1.165, 1.54) is 13.0 Å². The standard InChI is InChI=1S/C15H18F3N3.C8H10N2O2/c1-9-5-6-21(2)13(7-9)14-19-11-4-3-10(15(16,17)18)8-12(11)20-14;1-6(11)10-7-3-4-8(12-2)9-5-7/h3-4,8-9,13H,5-7H2,1-2H3,(H,19,20);3-5H,1-2H3,(H,10,11)/t9?,13-;/m1./s1. The third-order valence-corrected chi connectivity index (χ3v) is 5.54. The molecule has 1 unspecified atom stereocenters. The highest BCUT2D eigenvalue weighted by molar-refractivity contribution is 5.88. The molecule has 0 spiro atoms. The highest BCUT2D eigenvalue weighted by Crippen LogP contribution is 2.34. The molecule has 0 aliphatic carbocycles. The maximum Gasteiger partial charge on any atom is 0.416 e. The molecule has 1 fully saturated rings. The van der Waals surface area contributed by atoms with E-state index in [1.807, 2.05) is 7.05 Å². The second kappa shape index (κ2) is 10.2. The number of benzene rings is 1. The normalized spacial score (nSPS) is 19.0. The number of methoxy groups -OCH3 is 1. The average molecular weight is 464 g/mol. The van der Waals surface area contributed by atoms with Crippen molar-refractivity contribution in [2.45, 2.75) is 38.9 Å². The van der Waals surface area contributed by atoms with Crippen LogP contribution in [0.25, 0.3) is 11.0 Å². The Morgan fingerprint density at radius 3 is 2.64 bits per heavy atom. The van der Waals surface area contributed by atoms with Crippen LogP contribution in [0.4, 0.5) is 18.9 Å². The Morgan fingerprint density at radius 1 is 1.27 bits per heavy atom. The molecular formula is C23H28F3N5O2. The maximum atomic E-state index is 12.7. The number of imidazole rings is 1. The lowest BCUT2D eigenvalue weighted by molar-refractivity contribution is -0.137. The first-order valence-electron chi connectivity index (χ1n) is 10.6. The first-order valence-corrected chi connectivity index (χ1v) is 10.6. The van der Waals surface area contributed by atoms with Gasteiger partial charge in [-0.1, -0.05) is 6.92 Å². The number of piperidine rings is 1. The third kappa shape index (κ3) is 6.44. The van der Waals surface area contributed by atoms with Crippen LogP contribution >= 0.6 is 0 Å². The van der Waals surface area contributed by atoms with E-state index in [0.29, 0.717) is 28.5 Å². The van der Waals surface area contributed by atoms with Crippen LogP contribution in [-0.4, -0.2) is 46.5 Å². The summed E-state index contributed by atoms with van der Waals surface area (Å²) in [5, 5.41) is 2.60. The van der Waals surface area contributed by atoms with Gasteiger partial charge in [0, 0.05) is 13.0 Å². The van der Waals surface area contributed by atoms with Gasteiger partial charge >= 0.3 is 6.18 Å². The van der Waals surface area contributed by atoms with Crippen molar-refractivity contribution in [2.75, 3.05) is 26.0 Å². The molecule has 3 heterocycles. The summed E-state index contributed by atoms with van der Waals surface area (Å²) in [6.07, 6.45) is -0.663. The van der Waals surface area contributed by atoms with E-state index in [1.54, 1.807) is 25.4 Å². The highest BCUT2D eigenvalue weighted by atomic mass is 19.4. The topological polar surface area (TPSA) is 83.1 Å². The average Bonchev–Trinajstić information content (AvgIpc) is 3.18. The zero-order chi connectivity index (χ0) is 24.2. The maximum absolute atomic E-state index is 12.7. The zero-order valence-electron chi connectivity index (χ0n) is 19.0. The number of hydrogen-bond donors (Lipinski definition) is 2. The molecule has 1 aliphatic rings. The molecule has 0 radical (unpaired) electrons. The van der Waals surface area contributed by atoms with Gasteiger partial charge in [-0.25, -0.2) is 9.97 Å². The van der Waals surface area contributed by atoms with Crippen LogP contribution in [0.15, 0.2) is 36.5 Å². The Kier molecular flexibility index (Phi) is 7.57. The summed E-state index contributed by atoms with van der Waals surface area (Å²) in [5.41, 5.74) is 1.06. The Hall–Kier alpha value is -3.14. The molecule has 33 heavy (non-hydrogen) atoms. The van der Waals surface area contributed by atoms with Crippen LogP contribution in [-0.2, 0) is 11.0 Å². The van der Waals surface area contributed by atoms with Gasteiger partial charge in [-0.15, -0.1) is 0 Å². The summed E-state index contributed by atoms with van der Waals surface area (Å²) in [5.74, 6) is 1.79. The van der Waals surface area contributed by atoms with Crippen molar-refractivity contribution in [3.8, 4) is 5.88 Å². The minimum Gasteiger partial charge on any atom is -0.481 e. The summed E-state index contributed by atoms with van der Waals surface area (Å²) in [6, 6.07) is 7.22. The smallest absolute Gasteiger partial charge is 0.416 e. The molecule has 0 bridgehead atoms. The number of aromatic nitrogens is 3. The van der Waals surface area contributed by atoms with Gasteiger partial charge in [-0.3, -0.25) is 9.69 Å². The number of halogens is 3. The number of H-pyrrole nitrogens is 1. The van der Waals surface area contributed by atoms with Crippen LogP contribution in [0.1, 0.15) is 44.1 Å². The van der Waals surface area contributed by atoms with Gasteiger partial charge in [0.15, 0.2) is 0 Å². The third-order valence-electron chi connectivity index (χ3n) is 5.54. The van der Waals surface area contributed by atoms with E-state index in [4.69, 9.17) is 4.74 Å². The minimum absolute atomic E-state index is 0.109. The number of nitrogens with one attached hydrogen (secondary N) is 2. The number of hydrogen-bond acceptors (Lipinski definition) is 5. The van der Waals surface area contributed by atoms with Crippen molar-refractivity contribution in [3.63, 3.8) is 0 Å². The number of pyridine rings is 1. The molecule has 2 N–H and O–H groups in total. The van der Waals surface area contributed by atoms with Gasteiger partial charge in [0.05, 0.1) is 41.6 Å². The van der Waals surface area contributed by atoms with Gasteiger partial charge in [0.1, 0.15) is 5.82 Å². The fourth-order valence-electron chi connectivity index (χ4n) is 3.72. The summed E-state index contributed by atoms with van der Waals surface area (Å²) in [6.45, 7) is 4.63. The fraction of sp³-hybridized carbons (Fsp3) is 0.435. The summed E-state index contributed by atoms with van der Waals surface area (Å²) in [4.78, 5) is 24.3. The van der Waals surface area contributed by atoms with E-state index >= 15 is 0 Å².